The van der Waals surface area contributed by atoms with E-state index in [0.29, 0.717) is 0 Å². The second-order valence-electron chi connectivity index (χ2n) is 7.29. The molecule has 0 saturated heterocycles. The van der Waals surface area contributed by atoms with Crippen LogP contribution in [0.15, 0.2) is 30.3 Å². The van der Waals surface area contributed by atoms with Crippen LogP contribution >= 0.6 is 11.6 Å². The maximum absolute atomic E-state index is 6.04. The monoisotopic (exact) mass is 390 g/mol. The van der Waals surface area contributed by atoms with Crippen LogP contribution in [0.5, 0.6) is 11.5 Å². The van der Waals surface area contributed by atoms with Gasteiger partial charge in [0.05, 0.1) is 13.2 Å². The third-order valence-corrected chi connectivity index (χ3v) is 5.28. The predicted octanol–water partition coefficient (Wildman–Crippen LogP) is 7.68. The molecule has 0 aliphatic carbocycles. The van der Waals surface area contributed by atoms with Crippen LogP contribution in [-0.2, 0) is 0 Å². The minimum atomic E-state index is 0.789. The van der Waals surface area contributed by atoms with Crippen molar-refractivity contribution in [3.8, 4) is 11.5 Å². The SMILES string of the molecule is CCCCCOc1ccc2c(C)c(OCCCCCCCCCl)ccc2c1. The van der Waals surface area contributed by atoms with Gasteiger partial charge in [0.25, 0.3) is 0 Å². The summed E-state index contributed by atoms with van der Waals surface area (Å²) in [6.45, 7) is 5.94. The van der Waals surface area contributed by atoms with Crippen molar-refractivity contribution in [3.63, 3.8) is 0 Å². The van der Waals surface area contributed by atoms with E-state index in [1.54, 1.807) is 0 Å². The van der Waals surface area contributed by atoms with Crippen molar-refractivity contribution in [2.75, 3.05) is 19.1 Å². The van der Waals surface area contributed by atoms with Gasteiger partial charge in [0.2, 0.25) is 0 Å². The van der Waals surface area contributed by atoms with Gasteiger partial charge in [-0.15, -0.1) is 11.6 Å². The van der Waals surface area contributed by atoms with Crippen molar-refractivity contribution in [1.29, 1.82) is 0 Å². The maximum Gasteiger partial charge on any atom is 0.122 e. The van der Waals surface area contributed by atoms with Gasteiger partial charge in [-0.2, -0.15) is 0 Å². The van der Waals surface area contributed by atoms with Gasteiger partial charge in [0.15, 0.2) is 0 Å². The molecule has 2 rings (SSSR count). The van der Waals surface area contributed by atoms with Crippen molar-refractivity contribution in [2.45, 2.75) is 71.6 Å². The molecule has 0 aliphatic rings. The largest absolute Gasteiger partial charge is 0.494 e. The lowest BCUT2D eigenvalue weighted by molar-refractivity contribution is 0.302. The molecular weight excluding hydrogens is 356 g/mol. The molecule has 0 N–H and O–H groups in total. The van der Waals surface area contributed by atoms with Crippen LogP contribution in [-0.4, -0.2) is 19.1 Å². The molecule has 27 heavy (non-hydrogen) atoms. The van der Waals surface area contributed by atoms with Gasteiger partial charge in [-0.05, 0) is 60.7 Å². The molecule has 0 radical (unpaired) electrons. The first-order chi connectivity index (χ1) is 13.3. The van der Waals surface area contributed by atoms with Crippen molar-refractivity contribution >= 4 is 22.4 Å². The quantitative estimate of drug-likeness (QED) is 0.243. The number of benzene rings is 2. The van der Waals surface area contributed by atoms with Crippen LogP contribution in [0.1, 0.15) is 70.3 Å². The zero-order valence-corrected chi connectivity index (χ0v) is 17.8. The molecule has 0 spiro atoms. The van der Waals surface area contributed by atoms with Crippen LogP contribution in [0.3, 0.4) is 0 Å². The van der Waals surface area contributed by atoms with E-state index in [-0.39, 0.29) is 0 Å². The molecule has 3 heteroatoms. The Labute approximate surface area is 170 Å². The summed E-state index contributed by atoms with van der Waals surface area (Å²) in [5.41, 5.74) is 1.21. The molecule has 0 fully saturated rings. The van der Waals surface area contributed by atoms with Crippen molar-refractivity contribution in [1.82, 2.24) is 0 Å². The van der Waals surface area contributed by atoms with Gasteiger partial charge in [0.1, 0.15) is 11.5 Å². The van der Waals surface area contributed by atoms with Gasteiger partial charge in [-0.1, -0.05) is 57.6 Å². The highest BCUT2D eigenvalue weighted by Crippen LogP contribution is 2.30. The highest BCUT2D eigenvalue weighted by atomic mass is 35.5. The van der Waals surface area contributed by atoms with Crippen LogP contribution in [0, 0.1) is 6.92 Å². The number of rotatable bonds is 14. The predicted molar refractivity (Wildman–Crippen MR) is 118 cm³/mol. The van der Waals surface area contributed by atoms with Crippen LogP contribution in [0.4, 0.5) is 0 Å². The smallest absolute Gasteiger partial charge is 0.122 e. The molecule has 150 valence electrons. The molecule has 2 aromatic carbocycles. The Morgan fingerprint density at radius 1 is 0.778 bits per heavy atom. The number of hydrogen-bond donors (Lipinski definition) is 0. The summed E-state index contributed by atoms with van der Waals surface area (Å²) in [5, 5.41) is 2.46. The van der Waals surface area contributed by atoms with Crippen LogP contribution in [0.2, 0.25) is 0 Å². The Morgan fingerprint density at radius 3 is 2.26 bits per heavy atom. The molecule has 0 bridgehead atoms. The summed E-state index contributed by atoms with van der Waals surface area (Å²) in [6.07, 6.45) is 10.8. The molecular formula is C24H35ClO2. The average Bonchev–Trinajstić information content (AvgIpc) is 2.69. The summed E-state index contributed by atoms with van der Waals surface area (Å²) in [6, 6.07) is 10.6. The minimum absolute atomic E-state index is 0.789. The number of hydrogen-bond acceptors (Lipinski definition) is 2. The number of ether oxygens (including phenoxy) is 2. The lowest BCUT2D eigenvalue weighted by atomic mass is 10.0. The molecule has 0 amide bonds. The van der Waals surface area contributed by atoms with E-state index >= 15 is 0 Å². The van der Waals surface area contributed by atoms with E-state index in [1.807, 2.05) is 0 Å². The minimum Gasteiger partial charge on any atom is -0.494 e. The summed E-state index contributed by atoms with van der Waals surface area (Å²) in [4.78, 5) is 0. The molecule has 2 nitrogen and oxygen atoms in total. The molecule has 0 heterocycles. The number of halogens is 1. The highest BCUT2D eigenvalue weighted by molar-refractivity contribution is 6.17. The summed E-state index contributed by atoms with van der Waals surface area (Å²) < 4.78 is 11.9. The van der Waals surface area contributed by atoms with Gasteiger partial charge < -0.3 is 9.47 Å². The van der Waals surface area contributed by atoms with E-state index in [2.05, 4.69) is 44.2 Å². The van der Waals surface area contributed by atoms with Gasteiger partial charge >= 0.3 is 0 Å². The normalized spacial score (nSPS) is 11.1. The van der Waals surface area contributed by atoms with Crippen molar-refractivity contribution in [3.05, 3.63) is 35.9 Å². The number of aryl methyl sites for hydroxylation is 1. The Balaban J connectivity index is 1.81. The Kier molecular flexibility index (Phi) is 10.4. The summed E-state index contributed by atoms with van der Waals surface area (Å²) >= 11 is 5.70. The molecule has 0 aromatic heterocycles. The van der Waals surface area contributed by atoms with Crippen LogP contribution in [0.25, 0.3) is 10.8 Å². The molecule has 0 atom stereocenters. The first-order valence-corrected chi connectivity index (χ1v) is 11.1. The van der Waals surface area contributed by atoms with Gasteiger partial charge in [-0.3, -0.25) is 0 Å². The zero-order valence-electron chi connectivity index (χ0n) is 17.1. The zero-order chi connectivity index (χ0) is 19.3. The second kappa shape index (κ2) is 12.9. The van der Waals surface area contributed by atoms with E-state index in [0.717, 1.165) is 49.9 Å². The highest BCUT2D eigenvalue weighted by Gasteiger charge is 2.06. The Hall–Kier alpha value is -1.41. The third kappa shape index (κ3) is 7.62. The fourth-order valence-corrected chi connectivity index (χ4v) is 3.51. The number of fused-ring (bicyclic) bond motifs is 1. The average molecular weight is 391 g/mol. The lowest BCUT2D eigenvalue weighted by Crippen LogP contribution is -2.00. The van der Waals surface area contributed by atoms with E-state index in [4.69, 9.17) is 21.1 Å². The van der Waals surface area contributed by atoms with Crippen LogP contribution < -0.4 is 9.47 Å². The van der Waals surface area contributed by atoms with E-state index < -0.39 is 0 Å². The van der Waals surface area contributed by atoms with E-state index in [1.165, 1.54) is 54.9 Å². The molecule has 2 aromatic rings. The molecule has 0 aliphatic heterocycles. The van der Waals surface area contributed by atoms with Gasteiger partial charge in [-0.25, -0.2) is 0 Å². The second-order valence-corrected chi connectivity index (χ2v) is 7.66. The van der Waals surface area contributed by atoms with Crippen molar-refractivity contribution in [2.24, 2.45) is 0 Å². The fraction of sp³-hybridized carbons (Fsp3) is 0.583. The maximum atomic E-state index is 6.04. The topological polar surface area (TPSA) is 18.5 Å². The van der Waals surface area contributed by atoms with E-state index in [9.17, 15) is 0 Å². The Morgan fingerprint density at radius 2 is 1.48 bits per heavy atom. The molecule has 0 saturated carbocycles. The van der Waals surface area contributed by atoms with Gasteiger partial charge in [0, 0.05) is 5.88 Å². The number of alkyl halides is 1. The van der Waals surface area contributed by atoms with Crippen molar-refractivity contribution < 1.29 is 9.47 Å². The first kappa shape index (κ1) is 21.9. The Bertz CT molecular complexity index is 669. The fourth-order valence-electron chi connectivity index (χ4n) is 3.32. The third-order valence-electron chi connectivity index (χ3n) is 5.01. The lowest BCUT2D eigenvalue weighted by Gasteiger charge is -2.13. The number of unbranched alkanes of at least 4 members (excludes halogenated alkanes) is 7. The summed E-state index contributed by atoms with van der Waals surface area (Å²) in [7, 11) is 0. The molecule has 0 unspecified atom stereocenters. The first-order valence-electron chi connectivity index (χ1n) is 10.6. The summed E-state index contributed by atoms with van der Waals surface area (Å²) in [5.74, 6) is 2.75. The standard InChI is InChI=1S/C24H35ClO2/c1-3-4-10-17-26-22-13-14-23-20(2)24(15-12-21(23)19-22)27-18-11-8-6-5-7-9-16-25/h12-15,19H,3-11,16-18H2,1-2H3.